The summed E-state index contributed by atoms with van der Waals surface area (Å²) in [7, 11) is 0. The molecule has 0 saturated heterocycles. The zero-order chi connectivity index (χ0) is 21.5. The Morgan fingerprint density at radius 2 is 1.71 bits per heavy atom. The van der Waals surface area contributed by atoms with Crippen LogP contribution < -0.4 is 10.9 Å². The number of fused-ring (bicyclic) bond motifs is 3. The fourth-order valence-corrected chi connectivity index (χ4v) is 3.60. The molecule has 2 N–H and O–H groups in total. The molecule has 5 rings (SSSR count). The molecule has 8 heteroatoms. The van der Waals surface area contributed by atoms with Crippen LogP contribution in [-0.4, -0.2) is 25.8 Å². The number of rotatable bonds is 3. The second-order valence-electron chi connectivity index (χ2n) is 7.06. The molecule has 2 heterocycles. The quantitative estimate of drug-likeness (QED) is 0.530. The molecule has 1 atom stereocenters. The molecule has 4 aromatic rings. The summed E-state index contributed by atoms with van der Waals surface area (Å²) in [5, 5.41) is 17.1. The third-order valence-corrected chi connectivity index (χ3v) is 5.13. The second kappa shape index (κ2) is 7.17. The Balaban J connectivity index is 1.71. The van der Waals surface area contributed by atoms with Crippen LogP contribution in [0.2, 0.25) is 0 Å². The van der Waals surface area contributed by atoms with E-state index in [0.717, 1.165) is 16.8 Å². The number of carbonyl (C=O) groups is 1. The molecule has 1 aliphatic heterocycles. The van der Waals surface area contributed by atoms with E-state index in [0.29, 0.717) is 11.4 Å². The number of nitrogens with zero attached hydrogens (tertiary/aromatic N) is 3. The van der Waals surface area contributed by atoms with E-state index in [9.17, 15) is 19.1 Å². The summed E-state index contributed by atoms with van der Waals surface area (Å²) >= 11 is 0. The van der Waals surface area contributed by atoms with E-state index in [1.165, 1.54) is 36.4 Å². The molecular formula is C23H15FN4O3. The van der Waals surface area contributed by atoms with Crippen molar-refractivity contribution in [2.75, 3.05) is 5.32 Å². The van der Waals surface area contributed by atoms with Crippen LogP contribution in [0.25, 0.3) is 22.6 Å². The summed E-state index contributed by atoms with van der Waals surface area (Å²) in [6.07, 6.45) is -0.528. The van der Waals surface area contributed by atoms with Crippen LogP contribution in [0.15, 0.2) is 77.6 Å². The first kappa shape index (κ1) is 18.7. The number of carboxylic acid groups (broad SMARTS) is 1. The van der Waals surface area contributed by atoms with Crippen LogP contribution in [0.3, 0.4) is 0 Å². The number of nitrogens with one attached hydrogen (secondary N) is 1. The maximum Gasteiger partial charge on any atom is 0.335 e. The van der Waals surface area contributed by atoms with Crippen molar-refractivity contribution >= 4 is 11.7 Å². The first-order valence-electron chi connectivity index (χ1n) is 9.47. The van der Waals surface area contributed by atoms with Gasteiger partial charge in [-0.1, -0.05) is 24.3 Å². The van der Waals surface area contributed by atoms with Gasteiger partial charge in [0.15, 0.2) is 11.5 Å². The molecule has 0 radical (unpaired) electrons. The molecule has 0 saturated carbocycles. The van der Waals surface area contributed by atoms with Gasteiger partial charge in [0.2, 0.25) is 0 Å². The Labute approximate surface area is 175 Å². The smallest absolute Gasteiger partial charge is 0.335 e. The minimum Gasteiger partial charge on any atom is -0.478 e. The fourth-order valence-electron chi connectivity index (χ4n) is 3.60. The number of aromatic nitrogens is 3. The van der Waals surface area contributed by atoms with Gasteiger partial charge in [-0.05, 0) is 54.1 Å². The minimum absolute atomic E-state index is 0.0945. The Morgan fingerprint density at radius 3 is 2.42 bits per heavy atom. The third kappa shape index (κ3) is 3.24. The van der Waals surface area contributed by atoms with Crippen molar-refractivity contribution in [2.45, 2.75) is 6.17 Å². The molecule has 1 aliphatic rings. The van der Waals surface area contributed by atoms with Gasteiger partial charge in [-0.25, -0.2) is 13.9 Å². The van der Waals surface area contributed by atoms with Gasteiger partial charge in [0.1, 0.15) is 12.0 Å². The Morgan fingerprint density at radius 1 is 1.00 bits per heavy atom. The second-order valence-corrected chi connectivity index (χ2v) is 7.06. The number of carboxylic acids is 1. The molecule has 0 bridgehead atoms. The third-order valence-electron chi connectivity index (χ3n) is 5.13. The van der Waals surface area contributed by atoms with Crippen molar-refractivity contribution in [3.05, 3.63) is 100 Å². The lowest BCUT2D eigenvalue weighted by molar-refractivity contribution is 0.0697. The lowest BCUT2D eigenvalue weighted by Gasteiger charge is -2.30. The predicted molar refractivity (Wildman–Crippen MR) is 112 cm³/mol. The fraction of sp³-hybridized carbons (Fsp3) is 0.0435. The van der Waals surface area contributed by atoms with Gasteiger partial charge in [-0.2, -0.15) is 10.1 Å². The zero-order valence-electron chi connectivity index (χ0n) is 16.0. The number of anilines is 1. The van der Waals surface area contributed by atoms with Crippen LogP contribution in [0, 0.1) is 5.82 Å². The van der Waals surface area contributed by atoms with Crippen molar-refractivity contribution in [1.82, 2.24) is 14.8 Å². The van der Waals surface area contributed by atoms with E-state index in [1.54, 1.807) is 16.8 Å². The molecule has 3 aromatic carbocycles. The average molecular weight is 414 g/mol. The largest absolute Gasteiger partial charge is 0.478 e. The topological polar surface area (TPSA) is 97.1 Å². The van der Waals surface area contributed by atoms with E-state index in [4.69, 9.17) is 0 Å². The zero-order valence-corrected chi connectivity index (χ0v) is 16.0. The van der Waals surface area contributed by atoms with Crippen LogP contribution in [0.4, 0.5) is 10.1 Å². The molecule has 1 unspecified atom stereocenters. The SMILES string of the molecule is O=C(O)c1ccc(C2Nc3ccccc3-c3nc(=O)c(-c4ccc(F)cc4)nn32)cc1. The van der Waals surface area contributed by atoms with Crippen LogP contribution in [-0.2, 0) is 0 Å². The number of hydrogen-bond donors (Lipinski definition) is 2. The van der Waals surface area contributed by atoms with Crippen molar-refractivity contribution < 1.29 is 14.3 Å². The van der Waals surface area contributed by atoms with Gasteiger partial charge in [0, 0.05) is 16.8 Å². The number of aromatic carboxylic acids is 1. The van der Waals surface area contributed by atoms with E-state index in [2.05, 4.69) is 15.4 Å². The molecule has 0 amide bonds. The lowest BCUT2D eigenvalue weighted by atomic mass is 10.0. The summed E-state index contributed by atoms with van der Waals surface area (Å²) in [6, 6.07) is 19.3. The summed E-state index contributed by atoms with van der Waals surface area (Å²) < 4.78 is 14.9. The maximum absolute atomic E-state index is 13.3. The predicted octanol–water partition coefficient (Wildman–Crippen LogP) is 3.78. The van der Waals surface area contributed by atoms with Gasteiger partial charge in [-0.15, -0.1) is 0 Å². The molecule has 0 spiro atoms. The summed E-state index contributed by atoms with van der Waals surface area (Å²) in [4.78, 5) is 28.3. The first-order valence-corrected chi connectivity index (χ1v) is 9.47. The molecule has 31 heavy (non-hydrogen) atoms. The normalized spacial score (nSPS) is 14.3. The molecule has 0 aliphatic carbocycles. The molecule has 7 nitrogen and oxygen atoms in total. The van der Waals surface area contributed by atoms with E-state index < -0.39 is 23.5 Å². The van der Waals surface area contributed by atoms with Gasteiger partial charge < -0.3 is 10.4 Å². The molecular weight excluding hydrogens is 399 g/mol. The van der Waals surface area contributed by atoms with E-state index in [1.807, 2.05) is 24.3 Å². The van der Waals surface area contributed by atoms with Crippen LogP contribution in [0.1, 0.15) is 22.1 Å². The van der Waals surface area contributed by atoms with Crippen molar-refractivity contribution in [1.29, 1.82) is 0 Å². The lowest BCUT2D eigenvalue weighted by Crippen LogP contribution is -2.32. The Bertz CT molecular complexity index is 1370. The minimum atomic E-state index is -1.02. The van der Waals surface area contributed by atoms with E-state index >= 15 is 0 Å². The highest BCUT2D eigenvalue weighted by Crippen LogP contribution is 2.36. The van der Waals surface area contributed by atoms with E-state index in [-0.39, 0.29) is 11.3 Å². The van der Waals surface area contributed by atoms with Crippen molar-refractivity contribution in [3.8, 4) is 22.6 Å². The van der Waals surface area contributed by atoms with Gasteiger partial charge >= 0.3 is 5.97 Å². The maximum atomic E-state index is 13.3. The van der Waals surface area contributed by atoms with Crippen molar-refractivity contribution in [3.63, 3.8) is 0 Å². The highest BCUT2D eigenvalue weighted by molar-refractivity contribution is 5.87. The van der Waals surface area contributed by atoms with Crippen molar-refractivity contribution in [2.24, 2.45) is 0 Å². The number of benzene rings is 3. The van der Waals surface area contributed by atoms with Crippen LogP contribution >= 0.6 is 0 Å². The Hall–Kier alpha value is -4.33. The highest BCUT2D eigenvalue weighted by Gasteiger charge is 2.28. The first-order chi connectivity index (χ1) is 15.0. The molecule has 0 fully saturated rings. The average Bonchev–Trinajstić information content (AvgIpc) is 2.79. The number of hydrogen-bond acceptors (Lipinski definition) is 5. The standard InChI is InChI=1S/C23H15FN4O3/c24-16-11-9-13(10-12-16)19-22(29)26-21-17-3-1-2-4-18(17)25-20(28(21)27-19)14-5-7-15(8-6-14)23(30)31/h1-12,20,25H,(H,30,31). The highest BCUT2D eigenvalue weighted by atomic mass is 19.1. The molecule has 1 aromatic heterocycles. The number of para-hydroxylation sites is 1. The summed E-state index contributed by atoms with van der Waals surface area (Å²) in [5.74, 6) is -1.05. The Kier molecular flexibility index (Phi) is 4.32. The van der Waals surface area contributed by atoms with Gasteiger partial charge in [0.25, 0.3) is 5.56 Å². The summed E-state index contributed by atoms with van der Waals surface area (Å²) in [6.45, 7) is 0. The van der Waals surface area contributed by atoms with Crippen LogP contribution in [0.5, 0.6) is 0 Å². The monoisotopic (exact) mass is 414 g/mol. The van der Waals surface area contributed by atoms with Gasteiger partial charge in [0.05, 0.1) is 5.56 Å². The number of halogens is 1. The molecule has 152 valence electrons. The summed E-state index contributed by atoms with van der Waals surface area (Å²) in [5.41, 5.74) is 2.43. The van der Waals surface area contributed by atoms with Gasteiger partial charge in [-0.3, -0.25) is 4.79 Å².